The summed E-state index contributed by atoms with van der Waals surface area (Å²) >= 11 is 3.43. The topological polar surface area (TPSA) is 38.0 Å². The third-order valence-electron chi connectivity index (χ3n) is 3.58. The summed E-state index contributed by atoms with van der Waals surface area (Å²) < 4.78 is 2.66. The molecule has 4 heteroatoms. The van der Waals surface area contributed by atoms with Gasteiger partial charge in [0, 0.05) is 7.05 Å². The van der Waals surface area contributed by atoms with Gasteiger partial charge in [0.15, 0.2) is 0 Å². The van der Waals surface area contributed by atoms with E-state index in [1.165, 1.54) is 25.7 Å². The van der Waals surface area contributed by atoms with Gasteiger partial charge >= 0.3 is 0 Å². The van der Waals surface area contributed by atoms with Crippen LogP contribution in [0.1, 0.15) is 50.3 Å². The molecule has 1 N–H and O–H groups in total. The van der Waals surface area contributed by atoms with Crippen LogP contribution in [-0.4, -0.2) is 14.9 Å². The molecule has 0 amide bonds. The van der Waals surface area contributed by atoms with Crippen LogP contribution in [0, 0.1) is 5.92 Å². The van der Waals surface area contributed by atoms with Crippen LogP contribution in [-0.2, 0) is 7.05 Å². The Hall–Kier alpha value is -0.350. The molecule has 0 aliphatic heterocycles. The van der Waals surface area contributed by atoms with Crippen LogP contribution in [0.5, 0.6) is 0 Å². The molecule has 1 aliphatic carbocycles. The van der Waals surface area contributed by atoms with Crippen LogP contribution in [0.25, 0.3) is 0 Å². The fraction of sp³-hybridized carbons (Fsp3) is 0.750. The monoisotopic (exact) mass is 286 g/mol. The number of hydrogen-bond acceptors (Lipinski definition) is 2. The highest BCUT2D eigenvalue weighted by Crippen LogP contribution is 2.32. The average molecular weight is 287 g/mol. The summed E-state index contributed by atoms with van der Waals surface area (Å²) in [5, 5.41) is 14.3. The van der Waals surface area contributed by atoms with Crippen LogP contribution >= 0.6 is 15.9 Å². The molecule has 0 radical (unpaired) electrons. The molecule has 1 fully saturated rings. The predicted molar refractivity (Wildman–Crippen MR) is 67.1 cm³/mol. The lowest BCUT2D eigenvalue weighted by atomic mass is 9.98. The predicted octanol–water partition coefficient (Wildman–Crippen LogP) is 3.19. The van der Waals surface area contributed by atoms with Gasteiger partial charge in [-0.3, -0.25) is 4.68 Å². The minimum Gasteiger partial charge on any atom is -0.387 e. The molecular formula is C12H19BrN2O. The van der Waals surface area contributed by atoms with Gasteiger partial charge in [-0.05, 0) is 34.7 Å². The summed E-state index contributed by atoms with van der Waals surface area (Å²) in [6, 6.07) is 0. The van der Waals surface area contributed by atoms with E-state index in [1.54, 1.807) is 10.9 Å². The minimum atomic E-state index is -0.387. The van der Waals surface area contributed by atoms with Crippen molar-refractivity contribution in [2.45, 2.75) is 44.6 Å². The zero-order chi connectivity index (χ0) is 11.5. The Kier molecular flexibility index (Phi) is 4.03. The highest BCUT2D eigenvalue weighted by atomic mass is 79.9. The number of aliphatic hydroxyl groups is 1. The first-order valence-electron chi connectivity index (χ1n) is 6.04. The average Bonchev–Trinajstić information content (AvgIpc) is 2.86. The first kappa shape index (κ1) is 12.1. The van der Waals surface area contributed by atoms with Crippen LogP contribution in [0.15, 0.2) is 10.7 Å². The maximum absolute atomic E-state index is 10.1. The van der Waals surface area contributed by atoms with Crippen molar-refractivity contribution in [3.05, 3.63) is 16.4 Å². The summed E-state index contributed by atoms with van der Waals surface area (Å²) in [6.07, 6.45) is 8.78. The van der Waals surface area contributed by atoms with E-state index < -0.39 is 0 Å². The minimum absolute atomic E-state index is 0.387. The van der Waals surface area contributed by atoms with E-state index in [0.717, 1.165) is 28.9 Å². The van der Waals surface area contributed by atoms with Gasteiger partial charge in [-0.25, -0.2) is 0 Å². The Morgan fingerprint density at radius 3 is 2.81 bits per heavy atom. The highest BCUT2D eigenvalue weighted by Gasteiger charge is 2.20. The van der Waals surface area contributed by atoms with E-state index in [0.29, 0.717) is 0 Å². The fourth-order valence-corrected chi connectivity index (χ4v) is 3.24. The molecule has 0 bridgehead atoms. The van der Waals surface area contributed by atoms with Crippen molar-refractivity contribution in [3.63, 3.8) is 0 Å². The zero-order valence-corrected chi connectivity index (χ0v) is 11.3. The number of hydrogen-bond donors (Lipinski definition) is 1. The van der Waals surface area contributed by atoms with Crippen molar-refractivity contribution < 1.29 is 5.11 Å². The molecule has 1 aromatic rings. The Bertz CT molecular complexity index is 325. The van der Waals surface area contributed by atoms with Crippen molar-refractivity contribution in [2.75, 3.05) is 0 Å². The zero-order valence-electron chi connectivity index (χ0n) is 9.69. The summed E-state index contributed by atoms with van der Waals surface area (Å²) in [4.78, 5) is 0. The van der Waals surface area contributed by atoms with E-state index in [4.69, 9.17) is 0 Å². The lowest BCUT2D eigenvalue weighted by Gasteiger charge is -2.14. The van der Waals surface area contributed by atoms with Gasteiger partial charge in [-0.2, -0.15) is 5.10 Å². The molecule has 0 spiro atoms. The number of aliphatic hydroxyl groups excluding tert-OH is 1. The number of aryl methyl sites for hydroxylation is 1. The number of rotatable bonds is 4. The standard InChI is InChI=1S/C12H19BrN2O/c1-15-12(10(13)8-14-15)11(16)7-6-9-4-2-3-5-9/h8-9,11,16H,2-7H2,1H3. The molecule has 1 heterocycles. The lowest BCUT2D eigenvalue weighted by Crippen LogP contribution is -2.07. The van der Waals surface area contributed by atoms with Gasteiger partial charge in [-0.1, -0.05) is 25.7 Å². The number of halogens is 1. The van der Waals surface area contributed by atoms with Crippen LogP contribution in [0.4, 0.5) is 0 Å². The van der Waals surface area contributed by atoms with E-state index in [1.807, 2.05) is 7.05 Å². The second-order valence-corrected chi connectivity index (χ2v) is 5.60. The van der Waals surface area contributed by atoms with Gasteiger partial charge in [0.2, 0.25) is 0 Å². The molecule has 90 valence electrons. The second-order valence-electron chi connectivity index (χ2n) is 4.74. The van der Waals surface area contributed by atoms with Crippen molar-refractivity contribution in [2.24, 2.45) is 13.0 Å². The molecular weight excluding hydrogens is 268 g/mol. The van der Waals surface area contributed by atoms with Crippen LogP contribution in [0.3, 0.4) is 0 Å². The highest BCUT2D eigenvalue weighted by molar-refractivity contribution is 9.10. The van der Waals surface area contributed by atoms with Crippen molar-refractivity contribution in [1.82, 2.24) is 9.78 Å². The maximum atomic E-state index is 10.1. The number of aromatic nitrogens is 2. The third-order valence-corrected chi connectivity index (χ3v) is 4.19. The van der Waals surface area contributed by atoms with E-state index in [-0.39, 0.29) is 6.10 Å². The Labute approximate surface area is 105 Å². The van der Waals surface area contributed by atoms with E-state index in [9.17, 15) is 5.11 Å². The molecule has 1 atom stereocenters. The van der Waals surface area contributed by atoms with E-state index in [2.05, 4.69) is 21.0 Å². The smallest absolute Gasteiger partial charge is 0.0968 e. The van der Waals surface area contributed by atoms with Crippen molar-refractivity contribution >= 4 is 15.9 Å². The molecule has 0 aromatic carbocycles. The Balaban J connectivity index is 1.89. The van der Waals surface area contributed by atoms with Crippen molar-refractivity contribution in [3.8, 4) is 0 Å². The molecule has 1 aliphatic rings. The molecule has 16 heavy (non-hydrogen) atoms. The Morgan fingerprint density at radius 1 is 1.56 bits per heavy atom. The molecule has 1 unspecified atom stereocenters. The summed E-state index contributed by atoms with van der Waals surface area (Å²) in [6.45, 7) is 0. The van der Waals surface area contributed by atoms with Gasteiger partial charge in [0.1, 0.15) is 0 Å². The fourth-order valence-electron chi connectivity index (χ4n) is 2.62. The first-order valence-corrected chi connectivity index (χ1v) is 6.83. The lowest BCUT2D eigenvalue weighted by molar-refractivity contribution is 0.147. The van der Waals surface area contributed by atoms with Gasteiger partial charge in [0.05, 0.1) is 22.5 Å². The maximum Gasteiger partial charge on any atom is 0.0968 e. The van der Waals surface area contributed by atoms with Crippen molar-refractivity contribution in [1.29, 1.82) is 0 Å². The summed E-state index contributed by atoms with van der Waals surface area (Å²) in [7, 11) is 1.87. The van der Waals surface area contributed by atoms with Gasteiger partial charge in [0.25, 0.3) is 0 Å². The summed E-state index contributed by atoms with van der Waals surface area (Å²) in [5.41, 5.74) is 0.901. The molecule has 3 nitrogen and oxygen atoms in total. The van der Waals surface area contributed by atoms with Crippen LogP contribution < -0.4 is 0 Å². The molecule has 1 saturated carbocycles. The summed E-state index contributed by atoms with van der Waals surface area (Å²) in [5.74, 6) is 0.835. The van der Waals surface area contributed by atoms with E-state index >= 15 is 0 Å². The molecule has 1 aromatic heterocycles. The Morgan fingerprint density at radius 2 is 2.25 bits per heavy atom. The second kappa shape index (κ2) is 5.32. The third kappa shape index (κ3) is 2.66. The normalized spacial score (nSPS) is 19.2. The van der Waals surface area contributed by atoms with Gasteiger partial charge in [-0.15, -0.1) is 0 Å². The molecule has 0 saturated heterocycles. The SMILES string of the molecule is Cn1ncc(Br)c1C(O)CCC1CCCC1. The van der Waals surface area contributed by atoms with Gasteiger partial charge < -0.3 is 5.11 Å². The first-order chi connectivity index (χ1) is 7.68. The number of nitrogens with zero attached hydrogens (tertiary/aromatic N) is 2. The quantitative estimate of drug-likeness (QED) is 0.923. The van der Waals surface area contributed by atoms with Crippen LogP contribution in [0.2, 0.25) is 0 Å². The largest absolute Gasteiger partial charge is 0.387 e. The molecule has 2 rings (SSSR count).